The maximum atomic E-state index is 9.85. The summed E-state index contributed by atoms with van der Waals surface area (Å²) in [5.74, 6) is 2.19. The third-order valence-corrected chi connectivity index (χ3v) is 4.35. The molecule has 1 fully saturated rings. The van der Waals surface area contributed by atoms with Gasteiger partial charge >= 0.3 is 0 Å². The number of hydrogen-bond acceptors (Lipinski definition) is 3. The van der Waals surface area contributed by atoms with Crippen molar-refractivity contribution in [2.45, 2.75) is 25.9 Å². The van der Waals surface area contributed by atoms with E-state index < -0.39 is 6.10 Å². The van der Waals surface area contributed by atoms with Crippen LogP contribution in [0, 0.1) is 11.8 Å². The van der Waals surface area contributed by atoms with Crippen molar-refractivity contribution in [2.24, 2.45) is 11.8 Å². The van der Waals surface area contributed by atoms with Crippen molar-refractivity contribution in [3.05, 3.63) is 28.2 Å². The lowest BCUT2D eigenvalue weighted by molar-refractivity contribution is 0.105. The summed E-state index contributed by atoms with van der Waals surface area (Å²) in [7, 11) is 0. The summed E-state index contributed by atoms with van der Waals surface area (Å²) < 4.78 is 5.49. The molecule has 2 rings (SSSR count). The van der Waals surface area contributed by atoms with Crippen molar-refractivity contribution in [2.75, 3.05) is 19.7 Å². The maximum absolute atomic E-state index is 9.85. The molecule has 0 aromatic heterocycles. The van der Waals surface area contributed by atoms with Crippen molar-refractivity contribution in [1.29, 1.82) is 0 Å². The van der Waals surface area contributed by atoms with E-state index in [4.69, 9.17) is 27.9 Å². The van der Waals surface area contributed by atoms with E-state index in [0.717, 1.165) is 12.5 Å². The highest BCUT2D eigenvalue weighted by atomic mass is 35.5. The summed E-state index contributed by atoms with van der Waals surface area (Å²) in [6.45, 7) is 3.99. The zero-order chi connectivity index (χ0) is 14.5. The van der Waals surface area contributed by atoms with Crippen LogP contribution in [0.15, 0.2) is 18.2 Å². The van der Waals surface area contributed by atoms with Gasteiger partial charge in [0, 0.05) is 12.6 Å². The van der Waals surface area contributed by atoms with E-state index in [2.05, 4.69) is 12.2 Å². The molecule has 1 aromatic carbocycles. The monoisotopic (exact) mass is 317 g/mol. The van der Waals surface area contributed by atoms with E-state index in [1.54, 1.807) is 18.2 Å². The molecular formula is C15H21Cl2NO2. The highest BCUT2D eigenvalue weighted by Crippen LogP contribution is 2.36. The van der Waals surface area contributed by atoms with Gasteiger partial charge in [-0.25, -0.2) is 0 Å². The van der Waals surface area contributed by atoms with E-state index in [1.165, 1.54) is 12.8 Å². The maximum Gasteiger partial charge on any atom is 0.121 e. The van der Waals surface area contributed by atoms with Crippen LogP contribution >= 0.6 is 23.2 Å². The van der Waals surface area contributed by atoms with Gasteiger partial charge in [-0.2, -0.15) is 0 Å². The van der Waals surface area contributed by atoms with E-state index in [0.29, 0.717) is 28.3 Å². The molecule has 1 aliphatic carbocycles. The van der Waals surface area contributed by atoms with Crippen LogP contribution in [-0.4, -0.2) is 30.9 Å². The van der Waals surface area contributed by atoms with Gasteiger partial charge in [-0.1, -0.05) is 30.1 Å². The largest absolute Gasteiger partial charge is 0.491 e. The number of benzene rings is 1. The van der Waals surface area contributed by atoms with Gasteiger partial charge in [-0.15, -0.1) is 0 Å². The van der Waals surface area contributed by atoms with Gasteiger partial charge in [0.25, 0.3) is 0 Å². The smallest absolute Gasteiger partial charge is 0.121 e. The van der Waals surface area contributed by atoms with Gasteiger partial charge in [0.15, 0.2) is 0 Å². The topological polar surface area (TPSA) is 41.5 Å². The van der Waals surface area contributed by atoms with Crippen LogP contribution < -0.4 is 10.1 Å². The molecule has 1 saturated carbocycles. The quantitative estimate of drug-likeness (QED) is 0.772. The number of aliphatic hydroxyl groups is 1. The number of rotatable bonds is 8. The lowest BCUT2D eigenvalue weighted by atomic mass is 10.1. The minimum absolute atomic E-state index is 0.239. The molecule has 3 nitrogen and oxygen atoms in total. The highest BCUT2D eigenvalue weighted by Gasteiger charge is 2.27. The summed E-state index contributed by atoms with van der Waals surface area (Å²) in [4.78, 5) is 0. The highest BCUT2D eigenvalue weighted by molar-refractivity contribution is 6.42. The first-order valence-electron chi connectivity index (χ1n) is 7.03. The zero-order valence-corrected chi connectivity index (χ0v) is 13.1. The van der Waals surface area contributed by atoms with Crippen LogP contribution in [0.4, 0.5) is 0 Å². The fourth-order valence-corrected chi connectivity index (χ4v) is 2.42. The predicted molar refractivity (Wildman–Crippen MR) is 82.7 cm³/mol. The Morgan fingerprint density at radius 3 is 2.70 bits per heavy atom. The Balaban J connectivity index is 1.63. The van der Waals surface area contributed by atoms with Crippen LogP contribution in [0.1, 0.15) is 19.8 Å². The van der Waals surface area contributed by atoms with Gasteiger partial charge < -0.3 is 15.2 Å². The first-order chi connectivity index (χ1) is 9.56. The molecule has 2 atom stereocenters. The van der Waals surface area contributed by atoms with Crippen molar-refractivity contribution in [1.82, 2.24) is 5.32 Å². The summed E-state index contributed by atoms with van der Waals surface area (Å²) in [5, 5.41) is 14.1. The van der Waals surface area contributed by atoms with Gasteiger partial charge in [0.1, 0.15) is 18.5 Å². The second-order valence-electron chi connectivity index (χ2n) is 5.51. The first kappa shape index (κ1) is 15.9. The zero-order valence-electron chi connectivity index (χ0n) is 11.6. The average molecular weight is 318 g/mol. The minimum atomic E-state index is -0.532. The Hall–Kier alpha value is -0.480. The summed E-state index contributed by atoms with van der Waals surface area (Å²) in [6, 6.07) is 5.07. The van der Waals surface area contributed by atoms with E-state index in [9.17, 15) is 5.11 Å². The normalized spacial score (nSPS) is 17.8. The second-order valence-corrected chi connectivity index (χ2v) is 6.33. The molecule has 112 valence electrons. The van der Waals surface area contributed by atoms with Crippen LogP contribution in [0.5, 0.6) is 5.75 Å². The molecule has 0 aliphatic heterocycles. The predicted octanol–water partition coefficient (Wildman–Crippen LogP) is 3.37. The number of aliphatic hydroxyl groups excluding tert-OH is 1. The number of halogens is 2. The molecule has 0 bridgehead atoms. The van der Waals surface area contributed by atoms with Crippen LogP contribution in [0.3, 0.4) is 0 Å². The molecular weight excluding hydrogens is 297 g/mol. The summed E-state index contributed by atoms with van der Waals surface area (Å²) >= 11 is 11.7. The fraction of sp³-hybridized carbons (Fsp3) is 0.600. The number of hydrogen-bond donors (Lipinski definition) is 2. The minimum Gasteiger partial charge on any atom is -0.491 e. The molecule has 20 heavy (non-hydrogen) atoms. The molecule has 1 aromatic rings. The van der Waals surface area contributed by atoms with E-state index in [1.807, 2.05) is 0 Å². The average Bonchev–Trinajstić information content (AvgIpc) is 3.24. The van der Waals surface area contributed by atoms with Crippen molar-refractivity contribution < 1.29 is 9.84 Å². The van der Waals surface area contributed by atoms with Crippen LogP contribution in [0.25, 0.3) is 0 Å². The Morgan fingerprint density at radius 2 is 2.05 bits per heavy atom. The summed E-state index contributed by atoms with van der Waals surface area (Å²) in [6.07, 6.45) is 2.17. The van der Waals surface area contributed by atoms with Crippen molar-refractivity contribution >= 4 is 23.2 Å². The van der Waals surface area contributed by atoms with Gasteiger partial charge in [-0.3, -0.25) is 0 Å². The van der Waals surface area contributed by atoms with E-state index in [-0.39, 0.29) is 6.61 Å². The van der Waals surface area contributed by atoms with Crippen LogP contribution in [0.2, 0.25) is 10.0 Å². The van der Waals surface area contributed by atoms with E-state index >= 15 is 0 Å². The van der Waals surface area contributed by atoms with Gasteiger partial charge in [0.2, 0.25) is 0 Å². The Bertz CT molecular complexity index is 438. The standard InChI is InChI=1S/C15H21Cl2NO2/c1-10(11-2-3-11)7-18-8-12(19)9-20-13-4-5-14(16)15(17)6-13/h4-6,10-12,18-19H,2-3,7-9H2,1H3. The lowest BCUT2D eigenvalue weighted by Crippen LogP contribution is -2.34. The molecule has 2 N–H and O–H groups in total. The fourth-order valence-electron chi connectivity index (χ4n) is 2.13. The second kappa shape index (κ2) is 7.51. The molecule has 0 radical (unpaired) electrons. The lowest BCUT2D eigenvalue weighted by Gasteiger charge is -2.16. The Kier molecular flexibility index (Phi) is 5.97. The number of ether oxygens (including phenoxy) is 1. The van der Waals surface area contributed by atoms with Gasteiger partial charge in [-0.05, 0) is 43.4 Å². The van der Waals surface area contributed by atoms with Crippen molar-refractivity contribution in [3.8, 4) is 5.75 Å². The molecule has 2 unspecified atom stereocenters. The van der Waals surface area contributed by atoms with Crippen molar-refractivity contribution in [3.63, 3.8) is 0 Å². The molecule has 0 spiro atoms. The third kappa shape index (κ3) is 5.13. The molecule has 1 aliphatic rings. The molecule has 0 heterocycles. The summed E-state index contributed by atoms with van der Waals surface area (Å²) in [5.41, 5.74) is 0. The Morgan fingerprint density at radius 1 is 1.30 bits per heavy atom. The number of nitrogens with one attached hydrogen (secondary N) is 1. The molecule has 0 saturated heterocycles. The SMILES string of the molecule is CC(CNCC(O)COc1ccc(Cl)c(Cl)c1)C1CC1. The van der Waals surface area contributed by atoms with Crippen LogP contribution in [-0.2, 0) is 0 Å². The Labute approximate surface area is 130 Å². The first-order valence-corrected chi connectivity index (χ1v) is 7.78. The molecule has 5 heteroatoms. The molecule has 0 amide bonds. The van der Waals surface area contributed by atoms with Gasteiger partial charge in [0.05, 0.1) is 10.0 Å². The third-order valence-electron chi connectivity index (χ3n) is 3.61.